The zero-order valence-corrected chi connectivity index (χ0v) is 18.9. The molecule has 0 aliphatic rings. The largest absolute Gasteiger partial charge is 0.319 e. The molecular formula is C23H17Cl3N4O. The molecule has 3 aromatic carbocycles. The van der Waals surface area contributed by atoms with Gasteiger partial charge in [0, 0.05) is 16.3 Å². The number of rotatable bonds is 4. The van der Waals surface area contributed by atoms with E-state index in [9.17, 15) is 4.79 Å². The summed E-state index contributed by atoms with van der Waals surface area (Å²) < 4.78 is 1.56. The zero-order chi connectivity index (χ0) is 22.1. The molecule has 0 unspecified atom stereocenters. The summed E-state index contributed by atoms with van der Waals surface area (Å²) in [5.74, 6) is 0.0896. The number of hydrogen-bond donors (Lipinski definition) is 1. The molecule has 1 N–H and O–H groups in total. The summed E-state index contributed by atoms with van der Waals surface area (Å²) in [5.41, 5.74) is 4.02. The molecule has 0 bridgehead atoms. The molecular weight excluding hydrogens is 455 g/mol. The molecule has 0 saturated carbocycles. The summed E-state index contributed by atoms with van der Waals surface area (Å²) in [7, 11) is 0. The van der Waals surface area contributed by atoms with Gasteiger partial charge in [-0.3, -0.25) is 4.79 Å². The molecule has 0 atom stereocenters. The number of carbonyl (C=O) groups is 1. The Bertz CT molecular complexity index is 1260. The number of aryl methyl sites for hydroxylation is 2. The Hall–Kier alpha value is -2.86. The highest BCUT2D eigenvalue weighted by Crippen LogP contribution is 2.28. The van der Waals surface area contributed by atoms with Crippen LogP contribution in [0.2, 0.25) is 15.1 Å². The monoisotopic (exact) mass is 470 g/mol. The van der Waals surface area contributed by atoms with Crippen molar-refractivity contribution in [2.45, 2.75) is 13.8 Å². The van der Waals surface area contributed by atoms with E-state index in [1.54, 1.807) is 35.0 Å². The maximum atomic E-state index is 13.0. The van der Waals surface area contributed by atoms with Crippen LogP contribution in [0.5, 0.6) is 0 Å². The van der Waals surface area contributed by atoms with Gasteiger partial charge in [0.2, 0.25) is 5.82 Å². The second kappa shape index (κ2) is 8.71. The molecule has 0 saturated heterocycles. The maximum Gasteiger partial charge on any atom is 0.295 e. The molecule has 0 aliphatic heterocycles. The first kappa shape index (κ1) is 21.4. The van der Waals surface area contributed by atoms with Crippen molar-refractivity contribution < 1.29 is 4.79 Å². The van der Waals surface area contributed by atoms with Crippen LogP contribution in [0.25, 0.3) is 17.1 Å². The van der Waals surface area contributed by atoms with Gasteiger partial charge in [-0.1, -0.05) is 53.0 Å². The quantitative estimate of drug-likeness (QED) is 0.357. The average molecular weight is 472 g/mol. The third-order valence-electron chi connectivity index (χ3n) is 4.78. The minimum Gasteiger partial charge on any atom is -0.319 e. The van der Waals surface area contributed by atoms with E-state index in [2.05, 4.69) is 15.4 Å². The summed E-state index contributed by atoms with van der Waals surface area (Å²) in [6.07, 6.45) is 0. The second-order valence-corrected chi connectivity index (χ2v) is 8.25. The first-order valence-corrected chi connectivity index (χ1v) is 10.5. The number of nitrogens with zero attached hydrogens (tertiary/aromatic N) is 3. The van der Waals surface area contributed by atoms with E-state index in [0.717, 1.165) is 22.4 Å². The van der Waals surface area contributed by atoms with Crippen molar-refractivity contribution in [1.82, 2.24) is 14.8 Å². The van der Waals surface area contributed by atoms with Crippen LogP contribution in [-0.4, -0.2) is 20.7 Å². The normalized spacial score (nSPS) is 10.9. The Labute approximate surface area is 194 Å². The lowest BCUT2D eigenvalue weighted by molar-refractivity contribution is 0.101. The van der Waals surface area contributed by atoms with Gasteiger partial charge in [-0.15, -0.1) is 5.10 Å². The third-order valence-corrected chi connectivity index (χ3v) is 5.77. The van der Waals surface area contributed by atoms with E-state index in [1.165, 1.54) is 0 Å². The van der Waals surface area contributed by atoms with Gasteiger partial charge >= 0.3 is 0 Å². The van der Waals surface area contributed by atoms with Gasteiger partial charge in [0.1, 0.15) is 0 Å². The number of amides is 1. The highest BCUT2D eigenvalue weighted by Gasteiger charge is 2.20. The summed E-state index contributed by atoms with van der Waals surface area (Å²) in [4.78, 5) is 17.5. The topological polar surface area (TPSA) is 59.8 Å². The van der Waals surface area contributed by atoms with Crippen LogP contribution < -0.4 is 5.32 Å². The molecule has 8 heteroatoms. The predicted octanol–water partition coefficient (Wildman–Crippen LogP) is 6.76. The summed E-state index contributed by atoms with van der Waals surface area (Å²) in [6.45, 7) is 3.87. The van der Waals surface area contributed by atoms with Crippen LogP contribution in [0.15, 0.2) is 60.7 Å². The fourth-order valence-electron chi connectivity index (χ4n) is 3.17. The summed E-state index contributed by atoms with van der Waals surface area (Å²) in [5, 5.41) is 8.78. The predicted molar refractivity (Wildman–Crippen MR) is 126 cm³/mol. The standard InChI is InChI=1S/C23H17Cl3N4O/c1-13-4-3-5-14(2)20(13)27-23(31)21-28-22(15-6-8-16(24)9-7-15)30(29-21)17-10-11-18(25)19(26)12-17/h3-12H,1-2H3,(H,27,31). The van der Waals surface area contributed by atoms with Gasteiger partial charge in [-0.2, -0.15) is 0 Å². The molecule has 5 nitrogen and oxygen atoms in total. The maximum absolute atomic E-state index is 13.0. The first-order chi connectivity index (χ1) is 14.8. The molecule has 1 amide bonds. The number of hydrogen-bond acceptors (Lipinski definition) is 3. The lowest BCUT2D eigenvalue weighted by Crippen LogP contribution is -2.16. The molecule has 0 fully saturated rings. The molecule has 31 heavy (non-hydrogen) atoms. The minimum absolute atomic E-state index is 0.0266. The van der Waals surface area contributed by atoms with Gasteiger partial charge in [0.25, 0.3) is 5.91 Å². The van der Waals surface area contributed by atoms with Gasteiger partial charge in [0.05, 0.1) is 15.7 Å². The van der Waals surface area contributed by atoms with Crippen LogP contribution in [0.4, 0.5) is 5.69 Å². The van der Waals surface area contributed by atoms with Crippen molar-refractivity contribution in [2.75, 3.05) is 5.32 Å². The van der Waals surface area contributed by atoms with Crippen LogP contribution in [0.3, 0.4) is 0 Å². The molecule has 0 radical (unpaired) electrons. The molecule has 4 aromatic rings. The van der Waals surface area contributed by atoms with Crippen molar-refractivity contribution in [3.63, 3.8) is 0 Å². The minimum atomic E-state index is -0.411. The van der Waals surface area contributed by atoms with Crippen LogP contribution in [-0.2, 0) is 0 Å². The second-order valence-electron chi connectivity index (χ2n) is 7.00. The molecule has 1 heterocycles. The van der Waals surface area contributed by atoms with Gasteiger partial charge in [-0.05, 0) is 67.4 Å². The Morgan fingerprint density at radius 1 is 0.903 bits per heavy atom. The Morgan fingerprint density at radius 3 is 2.23 bits per heavy atom. The van der Waals surface area contributed by atoms with E-state index in [0.29, 0.717) is 26.6 Å². The average Bonchev–Trinajstić information content (AvgIpc) is 3.19. The fourth-order valence-corrected chi connectivity index (χ4v) is 3.59. The van der Waals surface area contributed by atoms with Crippen molar-refractivity contribution in [2.24, 2.45) is 0 Å². The molecule has 1 aromatic heterocycles. The fraction of sp³-hybridized carbons (Fsp3) is 0.0870. The summed E-state index contributed by atoms with van der Waals surface area (Å²) in [6, 6.07) is 18.0. The number of para-hydroxylation sites is 1. The Balaban J connectivity index is 1.80. The number of carbonyl (C=O) groups excluding carboxylic acids is 1. The van der Waals surface area contributed by atoms with E-state index in [1.807, 2.05) is 44.2 Å². The van der Waals surface area contributed by atoms with Crippen LogP contribution in [0.1, 0.15) is 21.7 Å². The smallest absolute Gasteiger partial charge is 0.295 e. The molecule has 0 aliphatic carbocycles. The molecule has 0 spiro atoms. The van der Waals surface area contributed by atoms with Crippen molar-refractivity contribution in [3.8, 4) is 17.1 Å². The summed E-state index contributed by atoms with van der Waals surface area (Å²) >= 11 is 18.3. The number of benzene rings is 3. The van der Waals surface area contributed by atoms with Crippen molar-refractivity contribution in [1.29, 1.82) is 0 Å². The van der Waals surface area contributed by atoms with Crippen LogP contribution >= 0.6 is 34.8 Å². The van der Waals surface area contributed by atoms with Crippen LogP contribution in [0, 0.1) is 13.8 Å². The van der Waals surface area contributed by atoms with E-state index in [-0.39, 0.29) is 5.82 Å². The number of nitrogens with one attached hydrogen (secondary N) is 1. The number of aromatic nitrogens is 3. The highest BCUT2D eigenvalue weighted by atomic mass is 35.5. The van der Waals surface area contributed by atoms with E-state index >= 15 is 0 Å². The first-order valence-electron chi connectivity index (χ1n) is 9.39. The van der Waals surface area contributed by atoms with E-state index < -0.39 is 5.91 Å². The zero-order valence-electron chi connectivity index (χ0n) is 16.7. The molecule has 156 valence electrons. The number of halogens is 3. The van der Waals surface area contributed by atoms with Gasteiger partial charge in [-0.25, -0.2) is 9.67 Å². The lowest BCUT2D eigenvalue weighted by Gasteiger charge is -2.09. The highest BCUT2D eigenvalue weighted by molar-refractivity contribution is 6.42. The van der Waals surface area contributed by atoms with Crippen molar-refractivity contribution >= 4 is 46.4 Å². The van der Waals surface area contributed by atoms with E-state index in [4.69, 9.17) is 34.8 Å². The number of anilines is 1. The molecule has 4 rings (SSSR count). The lowest BCUT2D eigenvalue weighted by atomic mass is 10.1. The SMILES string of the molecule is Cc1cccc(C)c1NC(=O)c1nc(-c2ccc(Cl)cc2)n(-c2ccc(Cl)c(Cl)c2)n1. The van der Waals surface area contributed by atoms with Gasteiger partial charge in [0.15, 0.2) is 5.82 Å². The Kier molecular flexibility index (Phi) is 6.01. The van der Waals surface area contributed by atoms with Gasteiger partial charge < -0.3 is 5.32 Å². The Morgan fingerprint density at radius 2 is 1.58 bits per heavy atom. The third kappa shape index (κ3) is 4.44. The van der Waals surface area contributed by atoms with Crippen molar-refractivity contribution in [3.05, 3.63) is 92.7 Å².